The zero-order chi connectivity index (χ0) is 21.3. The van der Waals surface area contributed by atoms with Crippen LogP contribution in [-0.4, -0.2) is 54.3 Å². The second-order valence-electron chi connectivity index (χ2n) is 7.62. The van der Waals surface area contributed by atoms with Crippen molar-refractivity contribution in [1.82, 2.24) is 20.9 Å². The molecule has 160 valence electrons. The summed E-state index contributed by atoms with van der Waals surface area (Å²) >= 11 is 5.72. The molecule has 2 amide bonds. The molecule has 30 heavy (non-hydrogen) atoms. The van der Waals surface area contributed by atoms with Gasteiger partial charge in [0, 0.05) is 31.4 Å². The first-order chi connectivity index (χ1) is 14.6. The number of hydrogen-bond donors (Lipinski definition) is 4. The molecular formula is C23H31N5OS. The van der Waals surface area contributed by atoms with E-state index in [2.05, 4.69) is 39.3 Å². The summed E-state index contributed by atoms with van der Waals surface area (Å²) in [6.07, 6.45) is 6.87. The van der Waals surface area contributed by atoms with Gasteiger partial charge in [-0.3, -0.25) is 0 Å². The Bertz CT molecular complexity index is 801. The van der Waals surface area contributed by atoms with Crippen LogP contribution < -0.4 is 21.3 Å². The van der Waals surface area contributed by atoms with E-state index in [0.29, 0.717) is 24.2 Å². The lowest BCUT2D eigenvalue weighted by atomic mass is 9.94. The molecule has 0 radical (unpaired) electrons. The Morgan fingerprint density at radius 1 is 1.17 bits per heavy atom. The molecular weight excluding hydrogens is 394 g/mol. The van der Waals surface area contributed by atoms with Crippen molar-refractivity contribution in [1.29, 1.82) is 0 Å². The van der Waals surface area contributed by atoms with Crippen LogP contribution in [0.25, 0.3) is 0 Å². The molecule has 1 saturated heterocycles. The molecule has 0 spiro atoms. The Morgan fingerprint density at radius 2 is 1.93 bits per heavy atom. The molecule has 2 heterocycles. The monoisotopic (exact) mass is 425 g/mol. The van der Waals surface area contributed by atoms with Crippen LogP contribution in [0.5, 0.6) is 0 Å². The molecule has 1 aromatic rings. The summed E-state index contributed by atoms with van der Waals surface area (Å²) in [7, 11) is 0. The molecule has 6 nitrogen and oxygen atoms in total. The van der Waals surface area contributed by atoms with Gasteiger partial charge in [0.25, 0.3) is 0 Å². The summed E-state index contributed by atoms with van der Waals surface area (Å²) in [5.74, 6) is 0. The van der Waals surface area contributed by atoms with Crippen molar-refractivity contribution in [3.05, 3.63) is 66.8 Å². The van der Waals surface area contributed by atoms with E-state index in [-0.39, 0.29) is 12.1 Å². The van der Waals surface area contributed by atoms with Crippen LogP contribution >= 0.6 is 12.2 Å². The van der Waals surface area contributed by atoms with Crippen LogP contribution in [0.3, 0.4) is 0 Å². The maximum atomic E-state index is 12.4. The predicted octanol–water partition coefficient (Wildman–Crippen LogP) is 3.18. The smallest absolute Gasteiger partial charge is 0.319 e. The molecule has 2 aliphatic rings. The second kappa shape index (κ2) is 10.9. The van der Waals surface area contributed by atoms with Gasteiger partial charge in [0.2, 0.25) is 0 Å². The van der Waals surface area contributed by atoms with E-state index in [9.17, 15) is 4.79 Å². The fourth-order valence-corrected chi connectivity index (χ4v) is 4.19. The number of nitrogens with one attached hydrogen (secondary N) is 4. The third-order valence-corrected chi connectivity index (χ3v) is 5.97. The Hall–Kier alpha value is -2.64. The third-order valence-electron chi connectivity index (χ3n) is 5.60. The largest absolute Gasteiger partial charge is 0.361 e. The van der Waals surface area contributed by atoms with E-state index < -0.39 is 0 Å². The highest BCUT2D eigenvalue weighted by molar-refractivity contribution is 7.80. The van der Waals surface area contributed by atoms with Crippen molar-refractivity contribution >= 4 is 29.0 Å². The van der Waals surface area contributed by atoms with E-state index in [4.69, 9.17) is 12.2 Å². The predicted molar refractivity (Wildman–Crippen MR) is 128 cm³/mol. The van der Waals surface area contributed by atoms with Gasteiger partial charge in [0.15, 0.2) is 5.11 Å². The van der Waals surface area contributed by atoms with E-state index in [1.54, 1.807) is 0 Å². The number of para-hydroxylation sites is 1. The van der Waals surface area contributed by atoms with Crippen molar-refractivity contribution in [2.45, 2.75) is 31.3 Å². The summed E-state index contributed by atoms with van der Waals surface area (Å²) in [4.78, 5) is 14.5. The molecule has 0 saturated carbocycles. The summed E-state index contributed by atoms with van der Waals surface area (Å²) in [5.41, 5.74) is 3.03. The normalized spacial score (nSPS) is 21.1. The molecule has 0 aliphatic carbocycles. The van der Waals surface area contributed by atoms with Crippen LogP contribution in [0, 0.1) is 0 Å². The van der Waals surface area contributed by atoms with Crippen LogP contribution in [0.1, 0.15) is 19.3 Å². The number of anilines is 1. The summed E-state index contributed by atoms with van der Waals surface area (Å²) < 4.78 is 0. The van der Waals surface area contributed by atoms with Gasteiger partial charge >= 0.3 is 6.03 Å². The summed E-state index contributed by atoms with van der Waals surface area (Å²) in [5, 5.41) is 13.4. The highest BCUT2D eigenvalue weighted by Crippen LogP contribution is 2.25. The van der Waals surface area contributed by atoms with Crippen LogP contribution in [0.2, 0.25) is 0 Å². The molecule has 7 heteroatoms. The minimum Gasteiger partial charge on any atom is -0.361 e. The number of thiocarbonyl (C=S) groups is 1. The van der Waals surface area contributed by atoms with Crippen molar-refractivity contribution < 1.29 is 4.79 Å². The average Bonchev–Trinajstić information content (AvgIpc) is 3.29. The number of benzene rings is 1. The maximum absolute atomic E-state index is 12.4. The van der Waals surface area contributed by atoms with Crippen LogP contribution in [0.4, 0.5) is 10.5 Å². The highest BCUT2D eigenvalue weighted by atomic mass is 32.1. The van der Waals surface area contributed by atoms with Crippen molar-refractivity contribution in [3.63, 3.8) is 0 Å². The lowest BCUT2D eigenvalue weighted by Crippen LogP contribution is -2.54. The molecule has 0 bridgehead atoms. The number of allylic oxidation sites excluding steroid dienone is 1. The van der Waals surface area contributed by atoms with Gasteiger partial charge in [-0.15, -0.1) is 0 Å². The molecule has 0 aromatic heterocycles. The van der Waals surface area contributed by atoms with E-state index in [1.807, 2.05) is 42.5 Å². The van der Waals surface area contributed by atoms with Gasteiger partial charge in [-0.25, -0.2) is 4.79 Å². The van der Waals surface area contributed by atoms with Crippen molar-refractivity contribution in [2.75, 3.05) is 31.5 Å². The third kappa shape index (κ3) is 5.93. The van der Waals surface area contributed by atoms with Gasteiger partial charge in [0.1, 0.15) is 0 Å². The fraction of sp³-hybridized carbons (Fsp3) is 0.391. The lowest BCUT2D eigenvalue weighted by molar-refractivity contribution is 0.244. The Morgan fingerprint density at radius 3 is 2.60 bits per heavy atom. The number of carbonyl (C=O) groups excluding carboxylic acids is 1. The quantitative estimate of drug-likeness (QED) is 0.505. The maximum Gasteiger partial charge on any atom is 0.319 e. The van der Waals surface area contributed by atoms with Gasteiger partial charge in [-0.05, 0) is 61.3 Å². The van der Waals surface area contributed by atoms with Gasteiger partial charge in [0.05, 0.1) is 6.04 Å². The molecule has 2 atom stereocenters. The number of nitrogens with zero attached hydrogens (tertiary/aromatic N) is 1. The average molecular weight is 426 g/mol. The number of urea groups is 1. The summed E-state index contributed by atoms with van der Waals surface area (Å²) in [6, 6.07) is 9.68. The Kier molecular flexibility index (Phi) is 8.04. The summed E-state index contributed by atoms with van der Waals surface area (Å²) in [6.45, 7) is 10.9. The molecule has 2 unspecified atom stereocenters. The first-order valence-corrected chi connectivity index (χ1v) is 10.9. The van der Waals surface area contributed by atoms with Crippen molar-refractivity contribution in [3.8, 4) is 0 Å². The molecule has 1 aromatic carbocycles. The van der Waals surface area contributed by atoms with Gasteiger partial charge in [-0.1, -0.05) is 43.5 Å². The Labute approximate surface area is 184 Å². The SMILES string of the molecule is C=CC1=C(C=C)CN(C(=S)NCC2CCCN2)C(CNC(=O)Nc2ccccc2)C1. The molecule has 1 fully saturated rings. The molecule has 2 aliphatic heterocycles. The number of carbonyl (C=O) groups is 1. The van der Waals surface area contributed by atoms with E-state index in [0.717, 1.165) is 36.3 Å². The zero-order valence-corrected chi connectivity index (χ0v) is 18.1. The minimum atomic E-state index is -0.228. The van der Waals surface area contributed by atoms with Crippen LogP contribution in [0.15, 0.2) is 66.8 Å². The van der Waals surface area contributed by atoms with E-state index >= 15 is 0 Å². The van der Waals surface area contributed by atoms with Crippen LogP contribution in [-0.2, 0) is 0 Å². The molecule has 4 N–H and O–H groups in total. The number of amides is 2. The van der Waals surface area contributed by atoms with E-state index in [1.165, 1.54) is 12.8 Å². The highest BCUT2D eigenvalue weighted by Gasteiger charge is 2.28. The van der Waals surface area contributed by atoms with Crippen molar-refractivity contribution in [2.24, 2.45) is 0 Å². The number of rotatable bonds is 7. The first-order valence-electron chi connectivity index (χ1n) is 10.5. The first kappa shape index (κ1) is 22.1. The molecule has 3 rings (SSSR count). The zero-order valence-electron chi connectivity index (χ0n) is 17.3. The number of hydrogen-bond acceptors (Lipinski definition) is 3. The standard InChI is InChI=1S/C23H31N5OS/c1-3-17-13-21(15-25-22(29)27-19-9-6-5-7-10-19)28(16-18(17)4-2)23(30)26-14-20-11-8-12-24-20/h3-7,9-10,20-21,24H,1-2,8,11-16H2,(H,26,30)(H2,25,27,29). The van der Waals surface area contributed by atoms with Gasteiger partial charge < -0.3 is 26.2 Å². The fourth-order valence-electron chi connectivity index (χ4n) is 3.89. The Balaban J connectivity index is 1.62. The minimum absolute atomic E-state index is 0.0414. The topological polar surface area (TPSA) is 68.4 Å². The van der Waals surface area contributed by atoms with Gasteiger partial charge in [-0.2, -0.15) is 0 Å². The second-order valence-corrected chi connectivity index (χ2v) is 8.01. The lowest BCUT2D eigenvalue weighted by Gasteiger charge is -2.39.